The summed E-state index contributed by atoms with van der Waals surface area (Å²) in [6.07, 6.45) is -0.108. The van der Waals surface area contributed by atoms with Gasteiger partial charge in [-0.2, -0.15) is 0 Å². The van der Waals surface area contributed by atoms with Crippen LogP contribution in [-0.2, 0) is 14.6 Å². The summed E-state index contributed by atoms with van der Waals surface area (Å²) in [7, 11) is -3.54. The molecule has 0 radical (unpaired) electrons. The molecule has 2 aromatic carbocycles. The van der Waals surface area contributed by atoms with Gasteiger partial charge in [-0.05, 0) is 42.9 Å². The average molecular weight is 436 g/mol. The number of para-hydroxylation sites is 2. The van der Waals surface area contributed by atoms with E-state index < -0.39 is 9.84 Å². The van der Waals surface area contributed by atoms with E-state index in [0.717, 1.165) is 38.4 Å². The number of carbonyl (C=O) groups is 1. The summed E-state index contributed by atoms with van der Waals surface area (Å²) in [5, 5.41) is 3.36. The van der Waals surface area contributed by atoms with E-state index in [1.807, 2.05) is 24.3 Å². The predicted octanol–water partition coefficient (Wildman–Crippen LogP) is 3.28. The normalized spacial score (nSPS) is 15.3. The highest BCUT2D eigenvalue weighted by molar-refractivity contribution is 7.91. The minimum Gasteiger partial charge on any atom is -0.367 e. The van der Waals surface area contributed by atoms with Crippen LogP contribution in [0.4, 0.5) is 11.4 Å². The number of hydrogen-bond acceptors (Lipinski definition) is 5. The van der Waals surface area contributed by atoms with Crippen LogP contribution in [0.2, 0.25) is 5.02 Å². The molecule has 2 aromatic rings. The quantitative estimate of drug-likeness (QED) is 0.722. The first-order valence-corrected chi connectivity index (χ1v) is 11.8. The Labute approximate surface area is 177 Å². The van der Waals surface area contributed by atoms with Gasteiger partial charge in [-0.1, -0.05) is 30.7 Å². The first kappa shape index (κ1) is 21.6. The van der Waals surface area contributed by atoms with Gasteiger partial charge >= 0.3 is 0 Å². The average Bonchev–Trinajstić information content (AvgIpc) is 2.73. The number of amides is 1. The SMILES string of the molecule is CCN1CCN(c2ccccc2NC(=O)CCS(=O)(=O)c2ccc(Cl)cc2)CC1. The maximum absolute atomic E-state index is 12.5. The van der Waals surface area contributed by atoms with Crippen LogP contribution in [0.3, 0.4) is 0 Å². The van der Waals surface area contributed by atoms with E-state index in [2.05, 4.69) is 22.0 Å². The molecule has 0 bridgehead atoms. The second-order valence-electron chi connectivity index (χ2n) is 7.01. The lowest BCUT2D eigenvalue weighted by molar-refractivity contribution is -0.115. The zero-order valence-electron chi connectivity index (χ0n) is 16.5. The molecule has 0 unspecified atom stereocenters. The minimum atomic E-state index is -3.54. The molecular formula is C21H26ClN3O3S. The highest BCUT2D eigenvalue weighted by atomic mass is 35.5. The molecule has 1 aliphatic rings. The molecule has 0 saturated carbocycles. The van der Waals surface area contributed by atoms with Crippen LogP contribution in [0.5, 0.6) is 0 Å². The predicted molar refractivity (Wildman–Crippen MR) is 118 cm³/mol. The number of anilines is 2. The van der Waals surface area contributed by atoms with Gasteiger partial charge in [0.25, 0.3) is 0 Å². The molecule has 0 aliphatic carbocycles. The van der Waals surface area contributed by atoms with Crippen molar-refractivity contribution >= 4 is 38.7 Å². The van der Waals surface area contributed by atoms with Crippen molar-refractivity contribution in [2.45, 2.75) is 18.2 Å². The molecule has 1 aliphatic heterocycles. The number of halogens is 1. The van der Waals surface area contributed by atoms with Crippen molar-refractivity contribution in [1.29, 1.82) is 0 Å². The molecule has 1 N–H and O–H groups in total. The fourth-order valence-corrected chi connectivity index (χ4v) is 4.73. The van der Waals surface area contributed by atoms with E-state index in [1.54, 1.807) is 0 Å². The van der Waals surface area contributed by atoms with Crippen molar-refractivity contribution in [3.8, 4) is 0 Å². The van der Waals surface area contributed by atoms with Gasteiger partial charge < -0.3 is 15.1 Å². The lowest BCUT2D eigenvalue weighted by atomic mass is 10.2. The number of carbonyl (C=O) groups excluding carboxylic acids is 1. The topological polar surface area (TPSA) is 69.7 Å². The smallest absolute Gasteiger partial charge is 0.225 e. The Bertz CT molecular complexity index is 940. The van der Waals surface area contributed by atoms with Crippen LogP contribution in [0.15, 0.2) is 53.4 Å². The Hall–Kier alpha value is -2.09. The third-order valence-corrected chi connectivity index (χ3v) is 7.09. The third-order valence-electron chi connectivity index (χ3n) is 5.11. The Morgan fingerprint density at radius 3 is 2.34 bits per heavy atom. The monoisotopic (exact) mass is 435 g/mol. The molecule has 8 heteroatoms. The van der Waals surface area contributed by atoms with Gasteiger partial charge in [0.2, 0.25) is 5.91 Å². The van der Waals surface area contributed by atoms with Crippen LogP contribution in [0.1, 0.15) is 13.3 Å². The molecule has 3 rings (SSSR count). The van der Waals surface area contributed by atoms with Crippen molar-refractivity contribution in [3.63, 3.8) is 0 Å². The van der Waals surface area contributed by atoms with Gasteiger partial charge in [-0.15, -0.1) is 0 Å². The van der Waals surface area contributed by atoms with Gasteiger partial charge in [0.1, 0.15) is 0 Å². The molecule has 1 fully saturated rings. The molecule has 1 saturated heterocycles. The summed E-state index contributed by atoms with van der Waals surface area (Å²) in [4.78, 5) is 17.3. The van der Waals surface area contributed by atoms with Crippen LogP contribution in [-0.4, -0.2) is 57.7 Å². The number of piperazine rings is 1. The van der Waals surface area contributed by atoms with Crippen molar-refractivity contribution < 1.29 is 13.2 Å². The van der Waals surface area contributed by atoms with Crippen molar-refractivity contribution in [3.05, 3.63) is 53.6 Å². The van der Waals surface area contributed by atoms with Crippen LogP contribution >= 0.6 is 11.6 Å². The van der Waals surface area contributed by atoms with E-state index >= 15 is 0 Å². The first-order valence-electron chi connectivity index (χ1n) is 9.73. The molecule has 1 amide bonds. The van der Waals surface area contributed by atoms with Gasteiger partial charge in [-0.3, -0.25) is 4.79 Å². The molecule has 29 heavy (non-hydrogen) atoms. The molecule has 0 spiro atoms. The highest BCUT2D eigenvalue weighted by Gasteiger charge is 2.20. The molecular weight excluding hydrogens is 410 g/mol. The summed E-state index contributed by atoms with van der Waals surface area (Å²) in [5.41, 5.74) is 1.68. The second-order valence-corrected chi connectivity index (χ2v) is 9.56. The second kappa shape index (κ2) is 9.61. The number of hydrogen-bond donors (Lipinski definition) is 1. The van der Waals surface area contributed by atoms with E-state index in [9.17, 15) is 13.2 Å². The number of rotatable bonds is 7. The van der Waals surface area contributed by atoms with E-state index in [4.69, 9.17) is 11.6 Å². The van der Waals surface area contributed by atoms with Gasteiger partial charge in [0.05, 0.1) is 22.0 Å². The Balaban J connectivity index is 1.62. The molecule has 0 aromatic heterocycles. The fourth-order valence-electron chi connectivity index (χ4n) is 3.36. The minimum absolute atomic E-state index is 0.108. The molecule has 1 heterocycles. The van der Waals surface area contributed by atoms with Crippen LogP contribution in [0, 0.1) is 0 Å². The van der Waals surface area contributed by atoms with Crippen molar-refractivity contribution in [1.82, 2.24) is 4.90 Å². The van der Waals surface area contributed by atoms with Crippen molar-refractivity contribution in [2.24, 2.45) is 0 Å². The zero-order valence-corrected chi connectivity index (χ0v) is 18.0. The Morgan fingerprint density at radius 1 is 1.03 bits per heavy atom. The largest absolute Gasteiger partial charge is 0.367 e. The number of benzene rings is 2. The number of nitrogens with zero attached hydrogens (tertiary/aromatic N) is 2. The van der Waals surface area contributed by atoms with Crippen LogP contribution in [0.25, 0.3) is 0 Å². The number of sulfone groups is 1. The highest BCUT2D eigenvalue weighted by Crippen LogP contribution is 2.27. The fraction of sp³-hybridized carbons (Fsp3) is 0.381. The van der Waals surface area contributed by atoms with Gasteiger partial charge in [0, 0.05) is 37.6 Å². The lowest BCUT2D eigenvalue weighted by Crippen LogP contribution is -2.46. The van der Waals surface area contributed by atoms with Crippen molar-refractivity contribution in [2.75, 3.05) is 48.7 Å². The summed E-state index contributed by atoms with van der Waals surface area (Å²) < 4.78 is 24.9. The first-order chi connectivity index (χ1) is 13.9. The van der Waals surface area contributed by atoms with E-state index in [-0.39, 0.29) is 23.0 Å². The standard InChI is InChI=1S/C21H26ClN3O3S/c1-2-24-12-14-25(15-13-24)20-6-4-3-5-19(20)23-21(26)11-16-29(27,28)18-9-7-17(22)8-10-18/h3-10H,2,11-16H2,1H3,(H,23,26). The molecule has 0 atom stereocenters. The molecule has 6 nitrogen and oxygen atoms in total. The summed E-state index contributed by atoms with van der Waals surface area (Å²) >= 11 is 5.81. The lowest BCUT2D eigenvalue weighted by Gasteiger charge is -2.36. The summed E-state index contributed by atoms with van der Waals surface area (Å²) in [6.45, 7) is 6.95. The molecule has 156 valence electrons. The maximum Gasteiger partial charge on any atom is 0.225 e. The van der Waals surface area contributed by atoms with E-state index in [0.29, 0.717) is 10.7 Å². The van der Waals surface area contributed by atoms with E-state index in [1.165, 1.54) is 24.3 Å². The summed E-state index contributed by atoms with van der Waals surface area (Å²) in [6, 6.07) is 13.6. The summed E-state index contributed by atoms with van der Waals surface area (Å²) in [5.74, 6) is -0.570. The Morgan fingerprint density at radius 2 is 1.69 bits per heavy atom. The Kier molecular flexibility index (Phi) is 7.16. The number of likely N-dealkylation sites (N-methyl/N-ethyl adjacent to an activating group) is 1. The van der Waals surface area contributed by atoms with Gasteiger partial charge in [-0.25, -0.2) is 8.42 Å². The third kappa shape index (κ3) is 5.72. The number of nitrogens with one attached hydrogen (secondary N) is 1. The maximum atomic E-state index is 12.5. The zero-order chi connectivity index (χ0) is 20.9. The van der Waals surface area contributed by atoms with Crippen LogP contribution < -0.4 is 10.2 Å². The van der Waals surface area contributed by atoms with Gasteiger partial charge in [0.15, 0.2) is 9.84 Å².